The highest BCUT2D eigenvalue weighted by atomic mass is 32.2. The Morgan fingerprint density at radius 1 is 1.06 bits per heavy atom. The predicted octanol–water partition coefficient (Wildman–Crippen LogP) is 2.28. The summed E-state index contributed by atoms with van der Waals surface area (Å²) < 4.78 is 80.9. The van der Waals surface area contributed by atoms with Crippen molar-refractivity contribution in [3.05, 3.63) is 42.6 Å². The maximum absolute atomic E-state index is 15.0. The maximum atomic E-state index is 15.0. The van der Waals surface area contributed by atoms with E-state index >= 15 is 4.39 Å². The molecule has 4 rings (SSSR count). The Balaban J connectivity index is 2.12. The van der Waals surface area contributed by atoms with Crippen LogP contribution in [-0.4, -0.2) is 53.8 Å². The second-order valence-corrected chi connectivity index (χ2v) is 8.08. The van der Waals surface area contributed by atoms with Gasteiger partial charge >= 0.3 is 6.61 Å². The number of primary sulfonamides is 1. The monoisotopic (exact) mass is 496 g/mol. The van der Waals surface area contributed by atoms with Crippen LogP contribution in [0.3, 0.4) is 0 Å². The molecule has 0 aliphatic heterocycles. The Hall–Kier alpha value is -3.98. The summed E-state index contributed by atoms with van der Waals surface area (Å²) in [5.41, 5.74) is -0.232. The van der Waals surface area contributed by atoms with E-state index in [-0.39, 0.29) is 33.1 Å². The maximum Gasteiger partial charge on any atom is 0.387 e. The van der Waals surface area contributed by atoms with Gasteiger partial charge in [-0.1, -0.05) is 0 Å². The zero-order valence-corrected chi connectivity index (χ0v) is 18.3. The fraction of sp³-hybridized carbons (Fsp3) is 0.158. The number of hydrogen-bond acceptors (Lipinski definition) is 9. The van der Waals surface area contributed by atoms with E-state index in [1.807, 2.05) is 0 Å². The number of hydrogen-bond donors (Lipinski definition) is 1. The summed E-state index contributed by atoms with van der Waals surface area (Å²) in [6, 6.07) is 3.75. The van der Waals surface area contributed by atoms with E-state index in [2.05, 4.69) is 24.7 Å². The third-order valence-electron chi connectivity index (χ3n) is 4.58. The summed E-state index contributed by atoms with van der Waals surface area (Å²) in [6.07, 6.45) is 3.79. The number of nitrogens with two attached hydrogens (primary N) is 1. The molecule has 3 aromatic heterocycles. The average Bonchev–Trinajstić information content (AvgIpc) is 3.19. The highest BCUT2D eigenvalue weighted by Gasteiger charge is 2.27. The Kier molecular flexibility index (Phi) is 5.97. The number of alkyl halides is 2. The zero-order valence-electron chi connectivity index (χ0n) is 17.4. The molecule has 11 nitrogen and oxygen atoms in total. The molecule has 0 aliphatic carbocycles. The van der Waals surface area contributed by atoms with Crippen LogP contribution in [0.25, 0.3) is 28.2 Å². The minimum atomic E-state index is -4.31. The molecule has 3 heterocycles. The van der Waals surface area contributed by atoms with Gasteiger partial charge in [0.15, 0.2) is 5.82 Å². The smallest absolute Gasteiger partial charge is 0.387 e. The molecule has 0 aliphatic rings. The van der Waals surface area contributed by atoms with Crippen LogP contribution in [0.4, 0.5) is 13.2 Å². The first-order valence-electron chi connectivity index (χ1n) is 9.24. The largest absolute Gasteiger partial charge is 0.478 e. The third kappa shape index (κ3) is 4.06. The fourth-order valence-corrected chi connectivity index (χ4v) is 3.99. The van der Waals surface area contributed by atoms with Crippen molar-refractivity contribution in [3.8, 4) is 34.8 Å². The van der Waals surface area contributed by atoms with E-state index in [1.165, 1.54) is 24.5 Å². The van der Waals surface area contributed by atoms with Crippen molar-refractivity contribution in [2.45, 2.75) is 11.5 Å². The molecular weight excluding hydrogens is 481 g/mol. The second-order valence-electron chi connectivity index (χ2n) is 6.55. The first-order valence-corrected chi connectivity index (χ1v) is 10.8. The molecule has 4 aromatic rings. The van der Waals surface area contributed by atoms with E-state index in [0.29, 0.717) is 0 Å². The number of rotatable bonds is 7. The minimum absolute atomic E-state index is 0.0146. The van der Waals surface area contributed by atoms with Crippen LogP contribution in [0.1, 0.15) is 0 Å². The van der Waals surface area contributed by atoms with Crippen LogP contribution < -0.4 is 19.3 Å². The van der Waals surface area contributed by atoms with Gasteiger partial charge in [-0.15, -0.1) is 0 Å². The quantitative estimate of drug-likeness (QED) is 0.407. The van der Waals surface area contributed by atoms with Gasteiger partial charge in [0.2, 0.25) is 21.7 Å². The molecule has 178 valence electrons. The van der Waals surface area contributed by atoms with Gasteiger partial charge in [0.25, 0.3) is 11.8 Å². The van der Waals surface area contributed by atoms with Crippen molar-refractivity contribution < 1.29 is 35.8 Å². The molecule has 0 saturated heterocycles. The number of aromatic nitrogens is 5. The van der Waals surface area contributed by atoms with E-state index < -0.39 is 40.0 Å². The molecule has 0 fully saturated rings. The number of halogens is 3. The van der Waals surface area contributed by atoms with Crippen LogP contribution >= 0.6 is 0 Å². The topological polar surface area (TPSA) is 144 Å². The van der Waals surface area contributed by atoms with Crippen molar-refractivity contribution in [3.63, 3.8) is 0 Å². The number of benzene rings is 1. The number of methoxy groups -OCH3 is 2. The molecule has 0 saturated carbocycles. The van der Waals surface area contributed by atoms with Gasteiger partial charge in [-0.05, 0) is 18.2 Å². The summed E-state index contributed by atoms with van der Waals surface area (Å²) in [4.78, 5) is 15.8. The van der Waals surface area contributed by atoms with Crippen molar-refractivity contribution in [2.24, 2.45) is 5.14 Å². The Morgan fingerprint density at radius 2 is 1.68 bits per heavy atom. The van der Waals surface area contributed by atoms with Crippen LogP contribution in [0, 0.1) is 5.82 Å². The van der Waals surface area contributed by atoms with Crippen molar-refractivity contribution in [1.82, 2.24) is 24.5 Å². The Morgan fingerprint density at radius 3 is 2.21 bits per heavy atom. The predicted molar refractivity (Wildman–Crippen MR) is 111 cm³/mol. The van der Waals surface area contributed by atoms with E-state index in [1.54, 1.807) is 0 Å². The van der Waals surface area contributed by atoms with E-state index in [0.717, 1.165) is 31.0 Å². The Bertz CT molecular complexity index is 1460. The summed E-state index contributed by atoms with van der Waals surface area (Å²) in [5.74, 6) is -2.66. The van der Waals surface area contributed by atoms with Gasteiger partial charge < -0.3 is 14.2 Å². The van der Waals surface area contributed by atoms with E-state index in [9.17, 15) is 17.2 Å². The lowest BCUT2D eigenvalue weighted by molar-refractivity contribution is -0.0534. The molecule has 0 unspecified atom stereocenters. The van der Waals surface area contributed by atoms with Crippen molar-refractivity contribution in [1.29, 1.82) is 0 Å². The van der Waals surface area contributed by atoms with Crippen LogP contribution in [0.15, 0.2) is 41.7 Å². The molecule has 0 bridgehead atoms. The third-order valence-corrected chi connectivity index (χ3v) is 5.51. The van der Waals surface area contributed by atoms with Gasteiger partial charge in [0.1, 0.15) is 10.7 Å². The second kappa shape index (κ2) is 8.75. The lowest BCUT2D eigenvalue weighted by atomic mass is 10.1. The molecule has 1 aromatic carbocycles. The standard InChI is InChI=1S/C19H15F3N6O5S/c1-31-16-14(33-18(21)22)17(32-2)27-19(26-16)28-8-11(34(23,29)30)9-4-5-10(20)12(13(9)28)15-24-6-3-7-25-15/h3-8,18H,1-2H3,(H2,23,29,30). The molecule has 2 N–H and O–H groups in total. The molecule has 0 atom stereocenters. The van der Waals surface area contributed by atoms with Crippen molar-refractivity contribution in [2.75, 3.05) is 14.2 Å². The van der Waals surface area contributed by atoms with Gasteiger partial charge in [0, 0.05) is 24.0 Å². The number of ether oxygens (including phenoxy) is 3. The number of sulfonamides is 1. The molecular formula is C19H15F3N6O5S. The SMILES string of the molecule is COc1nc(-n2cc(S(N)(=O)=O)c3ccc(F)c(-c4ncccn4)c32)nc(OC)c1OC(F)F. The van der Waals surface area contributed by atoms with E-state index in [4.69, 9.17) is 14.6 Å². The highest BCUT2D eigenvalue weighted by molar-refractivity contribution is 7.89. The van der Waals surface area contributed by atoms with Gasteiger partial charge in [0.05, 0.1) is 25.3 Å². The normalized spacial score (nSPS) is 11.7. The summed E-state index contributed by atoms with van der Waals surface area (Å²) >= 11 is 0. The lowest BCUT2D eigenvalue weighted by Gasteiger charge is -2.14. The lowest BCUT2D eigenvalue weighted by Crippen LogP contribution is -2.12. The first-order chi connectivity index (χ1) is 16.2. The summed E-state index contributed by atoms with van der Waals surface area (Å²) in [6.45, 7) is -3.24. The van der Waals surface area contributed by atoms with Crippen molar-refractivity contribution >= 4 is 20.9 Å². The molecule has 0 spiro atoms. The zero-order chi connectivity index (χ0) is 24.6. The van der Waals surface area contributed by atoms with Gasteiger partial charge in [-0.25, -0.2) is 27.9 Å². The number of nitrogens with zero attached hydrogens (tertiary/aromatic N) is 5. The fourth-order valence-electron chi connectivity index (χ4n) is 3.27. The number of fused-ring (bicyclic) bond motifs is 1. The molecule has 34 heavy (non-hydrogen) atoms. The Labute approximate surface area is 190 Å². The highest BCUT2D eigenvalue weighted by Crippen LogP contribution is 2.39. The molecule has 0 radical (unpaired) electrons. The minimum Gasteiger partial charge on any atom is -0.478 e. The summed E-state index contributed by atoms with van der Waals surface area (Å²) in [7, 11) is -2.04. The first kappa shape index (κ1) is 23.2. The van der Waals surface area contributed by atoms with Gasteiger partial charge in [-0.2, -0.15) is 18.7 Å². The molecule has 15 heteroatoms. The van der Waals surface area contributed by atoms with Gasteiger partial charge in [-0.3, -0.25) is 4.57 Å². The van der Waals surface area contributed by atoms with Crippen LogP contribution in [0.2, 0.25) is 0 Å². The summed E-state index contributed by atoms with van der Waals surface area (Å²) in [5, 5.41) is 5.39. The average molecular weight is 496 g/mol. The van der Waals surface area contributed by atoms with Crippen LogP contribution in [0.5, 0.6) is 17.5 Å². The van der Waals surface area contributed by atoms with Crippen LogP contribution in [-0.2, 0) is 10.0 Å². The molecule has 0 amide bonds.